The monoisotopic (exact) mass is 276 g/mol. The molecule has 1 saturated carbocycles. The normalized spacial score (nSPS) is 15.8. The van der Waals surface area contributed by atoms with E-state index in [0.29, 0.717) is 18.4 Å². The van der Waals surface area contributed by atoms with Crippen molar-refractivity contribution >= 4 is 17.8 Å². The molecule has 1 fully saturated rings. The fraction of sp³-hybridized carbons (Fsp3) is 0.357. The van der Waals surface area contributed by atoms with E-state index in [1.54, 1.807) is 30.3 Å². The summed E-state index contributed by atoms with van der Waals surface area (Å²) in [6, 6.07) is 8.51. The van der Waals surface area contributed by atoms with Gasteiger partial charge in [-0.2, -0.15) is 0 Å². The van der Waals surface area contributed by atoms with Crippen LogP contribution in [0.2, 0.25) is 0 Å². The van der Waals surface area contributed by atoms with E-state index < -0.39 is 17.4 Å². The molecular weight excluding hydrogens is 260 g/mol. The van der Waals surface area contributed by atoms with Crippen molar-refractivity contribution in [2.24, 2.45) is 0 Å². The molecule has 1 aliphatic carbocycles. The summed E-state index contributed by atoms with van der Waals surface area (Å²) in [4.78, 5) is 34.5. The number of rotatable bonds is 5. The summed E-state index contributed by atoms with van der Waals surface area (Å²) in [6.07, 6.45) is 1.64. The van der Waals surface area contributed by atoms with Gasteiger partial charge in [-0.1, -0.05) is 18.2 Å². The SMILES string of the molecule is O=C(CNC(=O)c1ccccc1)NC1(C(=O)O)CCC1. The maximum absolute atomic E-state index is 11.7. The van der Waals surface area contributed by atoms with Gasteiger partial charge in [0.15, 0.2) is 0 Å². The predicted molar refractivity (Wildman–Crippen MR) is 71.1 cm³/mol. The molecule has 0 saturated heterocycles. The van der Waals surface area contributed by atoms with Crippen molar-refractivity contribution in [1.29, 1.82) is 0 Å². The number of benzene rings is 1. The van der Waals surface area contributed by atoms with Gasteiger partial charge in [-0.3, -0.25) is 9.59 Å². The van der Waals surface area contributed by atoms with Crippen LogP contribution in [0.5, 0.6) is 0 Å². The van der Waals surface area contributed by atoms with Gasteiger partial charge in [0.2, 0.25) is 5.91 Å². The summed E-state index contributed by atoms with van der Waals surface area (Å²) in [5.41, 5.74) is -0.689. The molecular formula is C14H16N2O4. The molecule has 6 heteroatoms. The largest absolute Gasteiger partial charge is 0.480 e. The van der Waals surface area contributed by atoms with Crippen LogP contribution in [0.1, 0.15) is 29.6 Å². The Kier molecular flexibility index (Phi) is 4.02. The van der Waals surface area contributed by atoms with Gasteiger partial charge >= 0.3 is 5.97 Å². The maximum atomic E-state index is 11.7. The van der Waals surface area contributed by atoms with Gasteiger partial charge in [-0.15, -0.1) is 0 Å². The molecule has 3 N–H and O–H groups in total. The van der Waals surface area contributed by atoms with Crippen molar-refractivity contribution in [2.75, 3.05) is 6.54 Å². The first-order valence-electron chi connectivity index (χ1n) is 6.41. The second-order valence-electron chi connectivity index (χ2n) is 4.84. The summed E-state index contributed by atoms with van der Waals surface area (Å²) in [5, 5.41) is 14.0. The Hall–Kier alpha value is -2.37. The first-order chi connectivity index (χ1) is 9.53. The summed E-state index contributed by atoms with van der Waals surface area (Å²) in [7, 11) is 0. The molecule has 106 valence electrons. The van der Waals surface area contributed by atoms with Gasteiger partial charge in [0.1, 0.15) is 5.54 Å². The van der Waals surface area contributed by atoms with Crippen LogP contribution in [0, 0.1) is 0 Å². The number of nitrogens with one attached hydrogen (secondary N) is 2. The van der Waals surface area contributed by atoms with Crippen LogP contribution < -0.4 is 10.6 Å². The Labute approximate surface area is 116 Å². The summed E-state index contributed by atoms with van der Waals surface area (Å²) in [5.74, 6) is -1.87. The second-order valence-corrected chi connectivity index (χ2v) is 4.84. The highest BCUT2D eigenvalue weighted by Gasteiger charge is 2.45. The molecule has 0 heterocycles. The molecule has 0 atom stereocenters. The van der Waals surface area contributed by atoms with E-state index in [9.17, 15) is 14.4 Å². The van der Waals surface area contributed by atoms with E-state index in [4.69, 9.17) is 5.11 Å². The third-order valence-corrected chi connectivity index (χ3v) is 3.44. The lowest BCUT2D eigenvalue weighted by Gasteiger charge is -2.38. The molecule has 1 aliphatic rings. The minimum Gasteiger partial charge on any atom is -0.480 e. The first-order valence-corrected chi connectivity index (χ1v) is 6.41. The highest BCUT2D eigenvalue weighted by atomic mass is 16.4. The smallest absolute Gasteiger partial charge is 0.329 e. The van der Waals surface area contributed by atoms with Crippen molar-refractivity contribution in [3.63, 3.8) is 0 Å². The highest BCUT2D eigenvalue weighted by Crippen LogP contribution is 2.31. The molecule has 2 rings (SSSR count). The van der Waals surface area contributed by atoms with Gasteiger partial charge in [0, 0.05) is 5.56 Å². The molecule has 0 aliphatic heterocycles. The fourth-order valence-corrected chi connectivity index (χ4v) is 2.09. The summed E-state index contributed by atoms with van der Waals surface area (Å²) >= 11 is 0. The van der Waals surface area contributed by atoms with Gasteiger partial charge in [0.05, 0.1) is 6.54 Å². The Morgan fingerprint density at radius 2 is 1.80 bits per heavy atom. The number of carbonyl (C=O) groups excluding carboxylic acids is 2. The van der Waals surface area contributed by atoms with Crippen molar-refractivity contribution in [3.8, 4) is 0 Å². The molecule has 6 nitrogen and oxygen atoms in total. The van der Waals surface area contributed by atoms with Crippen LogP contribution in [0.25, 0.3) is 0 Å². The van der Waals surface area contributed by atoms with E-state index in [-0.39, 0.29) is 12.5 Å². The standard InChI is InChI=1S/C14H16N2O4/c17-11(16-14(13(19)20)7-4-8-14)9-15-12(18)10-5-2-1-3-6-10/h1-3,5-6H,4,7-9H2,(H,15,18)(H,16,17)(H,19,20). The van der Waals surface area contributed by atoms with E-state index >= 15 is 0 Å². The van der Waals surface area contributed by atoms with Gasteiger partial charge in [-0.25, -0.2) is 4.79 Å². The molecule has 20 heavy (non-hydrogen) atoms. The van der Waals surface area contributed by atoms with Gasteiger partial charge < -0.3 is 15.7 Å². The van der Waals surface area contributed by atoms with Crippen LogP contribution in [0.3, 0.4) is 0 Å². The topological polar surface area (TPSA) is 95.5 Å². The number of amides is 2. The number of carbonyl (C=O) groups is 3. The third-order valence-electron chi connectivity index (χ3n) is 3.44. The zero-order chi connectivity index (χ0) is 14.6. The number of carboxylic acids is 1. The predicted octanol–water partition coefficient (Wildman–Crippen LogP) is 0.540. The number of hydrogen-bond donors (Lipinski definition) is 3. The van der Waals surface area contributed by atoms with Crippen LogP contribution in [0.4, 0.5) is 0 Å². The van der Waals surface area contributed by atoms with E-state index in [0.717, 1.165) is 6.42 Å². The minimum atomic E-state index is -1.14. The molecule has 1 aromatic carbocycles. The lowest BCUT2D eigenvalue weighted by molar-refractivity contribution is -0.151. The molecule has 0 radical (unpaired) electrons. The number of aliphatic carboxylic acids is 1. The molecule has 1 aromatic rings. The van der Waals surface area contributed by atoms with Crippen molar-refractivity contribution in [3.05, 3.63) is 35.9 Å². The Morgan fingerprint density at radius 3 is 2.30 bits per heavy atom. The molecule has 2 amide bonds. The van der Waals surface area contributed by atoms with Gasteiger partial charge in [-0.05, 0) is 31.4 Å². The van der Waals surface area contributed by atoms with E-state index in [1.165, 1.54) is 0 Å². The van der Waals surface area contributed by atoms with Crippen LogP contribution in [-0.2, 0) is 9.59 Å². The lowest BCUT2D eigenvalue weighted by atomic mass is 9.77. The van der Waals surface area contributed by atoms with Crippen molar-refractivity contribution in [1.82, 2.24) is 10.6 Å². The quantitative estimate of drug-likeness (QED) is 0.731. The van der Waals surface area contributed by atoms with Crippen LogP contribution >= 0.6 is 0 Å². The van der Waals surface area contributed by atoms with E-state index in [2.05, 4.69) is 10.6 Å². The van der Waals surface area contributed by atoms with Gasteiger partial charge in [0.25, 0.3) is 5.91 Å². The average Bonchev–Trinajstić information content (AvgIpc) is 2.40. The molecule has 0 aromatic heterocycles. The fourth-order valence-electron chi connectivity index (χ4n) is 2.09. The minimum absolute atomic E-state index is 0.233. The molecule has 0 spiro atoms. The average molecular weight is 276 g/mol. The zero-order valence-electron chi connectivity index (χ0n) is 10.9. The first kappa shape index (κ1) is 14.0. The molecule has 0 bridgehead atoms. The van der Waals surface area contributed by atoms with Crippen LogP contribution in [-0.4, -0.2) is 35.0 Å². The summed E-state index contributed by atoms with van der Waals surface area (Å²) < 4.78 is 0. The summed E-state index contributed by atoms with van der Waals surface area (Å²) in [6.45, 7) is -0.233. The molecule has 0 unspecified atom stereocenters. The van der Waals surface area contributed by atoms with Crippen molar-refractivity contribution in [2.45, 2.75) is 24.8 Å². The van der Waals surface area contributed by atoms with Crippen molar-refractivity contribution < 1.29 is 19.5 Å². The third kappa shape index (κ3) is 2.96. The van der Waals surface area contributed by atoms with Crippen LogP contribution in [0.15, 0.2) is 30.3 Å². The Morgan fingerprint density at radius 1 is 1.15 bits per heavy atom. The van der Waals surface area contributed by atoms with E-state index in [1.807, 2.05) is 0 Å². The number of hydrogen-bond acceptors (Lipinski definition) is 3. The Bertz CT molecular complexity index is 523. The Balaban J connectivity index is 1.84. The maximum Gasteiger partial charge on any atom is 0.329 e. The highest BCUT2D eigenvalue weighted by molar-refractivity contribution is 5.97. The lowest BCUT2D eigenvalue weighted by Crippen LogP contribution is -2.60. The zero-order valence-corrected chi connectivity index (χ0v) is 10.9. The number of carboxylic acid groups (broad SMARTS) is 1. The second kappa shape index (κ2) is 5.73.